The van der Waals surface area contributed by atoms with E-state index in [-0.39, 0.29) is 0 Å². The molecule has 3 rings (SSSR count). The number of nitrogens with zero attached hydrogens (tertiary/aromatic N) is 5. The maximum atomic E-state index is 12.7. The minimum Gasteiger partial charge on any atom is -0.357 e. The summed E-state index contributed by atoms with van der Waals surface area (Å²) in [6.45, 7) is 13.8. The van der Waals surface area contributed by atoms with Crippen LogP contribution in [0.1, 0.15) is 48.2 Å². The highest BCUT2D eigenvalue weighted by molar-refractivity contribution is 7.11. The molecule has 0 aliphatic carbocycles. The van der Waals surface area contributed by atoms with E-state index in [4.69, 9.17) is 4.99 Å². The Hall–Kier alpha value is -1.67. The third kappa shape index (κ3) is 6.40. The first-order valence-electron chi connectivity index (χ1n) is 11.0. The molecule has 1 N–H and O–H groups in total. The van der Waals surface area contributed by atoms with E-state index in [1.807, 2.05) is 0 Å². The molecule has 2 aliphatic rings. The molecular weight excluding hydrogens is 384 g/mol. The van der Waals surface area contributed by atoms with Gasteiger partial charge in [0.2, 0.25) is 5.91 Å². The lowest BCUT2D eigenvalue weighted by molar-refractivity contribution is -0.132. The zero-order valence-corrected chi connectivity index (χ0v) is 19.1. The quantitative estimate of drug-likeness (QED) is 0.585. The SMILES string of the molecule is CCNC(=NCc1nc(C)c(C)s1)N1CCN(CC(=O)N2CCCCCC2)CC1. The van der Waals surface area contributed by atoms with Crippen molar-refractivity contribution in [3.05, 3.63) is 15.6 Å². The molecule has 8 heteroatoms. The third-order valence-electron chi connectivity index (χ3n) is 5.76. The average molecular weight is 421 g/mol. The number of nitrogens with one attached hydrogen (secondary N) is 1. The average Bonchev–Trinajstić information content (AvgIpc) is 2.91. The molecule has 3 heterocycles. The zero-order valence-electron chi connectivity index (χ0n) is 18.2. The van der Waals surface area contributed by atoms with Crippen molar-refractivity contribution in [2.75, 3.05) is 52.4 Å². The molecule has 0 atom stereocenters. The van der Waals surface area contributed by atoms with Crippen LogP contribution < -0.4 is 5.32 Å². The number of carbonyl (C=O) groups excluding carboxylic acids is 1. The van der Waals surface area contributed by atoms with E-state index in [1.54, 1.807) is 11.3 Å². The molecule has 1 amide bonds. The van der Waals surface area contributed by atoms with Gasteiger partial charge in [0.1, 0.15) is 5.01 Å². The first-order chi connectivity index (χ1) is 14.1. The minimum absolute atomic E-state index is 0.301. The van der Waals surface area contributed by atoms with Gasteiger partial charge in [0, 0.05) is 50.7 Å². The number of guanidine groups is 1. The molecule has 0 bridgehead atoms. The molecule has 1 aromatic rings. The molecule has 7 nitrogen and oxygen atoms in total. The Labute approximate surface area is 179 Å². The highest BCUT2D eigenvalue weighted by atomic mass is 32.1. The summed E-state index contributed by atoms with van der Waals surface area (Å²) >= 11 is 1.73. The fourth-order valence-corrected chi connectivity index (χ4v) is 4.76. The normalized spacial score (nSPS) is 19.3. The second-order valence-corrected chi connectivity index (χ2v) is 9.27. The summed E-state index contributed by atoms with van der Waals surface area (Å²) < 4.78 is 0. The molecule has 2 saturated heterocycles. The van der Waals surface area contributed by atoms with Crippen molar-refractivity contribution in [1.82, 2.24) is 25.0 Å². The van der Waals surface area contributed by atoms with E-state index in [0.717, 1.165) is 75.3 Å². The predicted molar refractivity (Wildman–Crippen MR) is 119 cm³/mol. The summed E-state index contributed by atoms with van der Waals surface area (Å²) in [6.07, 6.45) is 4.82. The Kier molecular flexibility index (Phi) is 8.29. The van der Waals surface area contributed by atoms with E-state index in [2.05, 4.69) is 45.8 Å². The lowest BCUT2D eigenvalue weighted by Gasteiger charge is -2.37. The van der Waals surface area contributed by atoms with Gasteiger partial charge in [0.25, 0.3) is 0 Å². The highest BCUT2D eigenvalue weighted by Crippen LogP contribution is 2.17. The van der Waals surface area contributed by atoms with Crippen LogP contribution in [-0.4, -0.2) is 83.9 Å². The topological polar surface area (TPSA) is 64.1 Å². The number of hydrogen-bond acceptors (Lipinski definition) is 5. The summed E-state index contributed by atoms with van der Waals surface area (Å²) in [5, 5.41) is 4.48. The molecule has 162 valence electrons. The number of aryl methyl sites for hydroxylation is 2. The van der Waals surface area contributed by atoms with Gasteiger partial charge in [-0.25, -0.2) is 9.98 Å². The maximum Gasteiger partial charge on any atom is 0.236 e. The van der Waals surface area contributed by atoms with E-state index in [9.17, 15) is 4.79 Å². The summed E-state index contributed by atoms with van der Waals surface area (Å²) in [7, 11) is 0. The number of carbonyl (C=O) groups is 1. The first-order valence-corrected chi connectivity index (χ1v) is 11.8. The molecular formula is C21H36N6OS. The Morgan fingerprint density at radius 1 is 1.03 bits per heavy atom. The Balaban J connectivity index is 1.50. The molecule has 29 heavy (non-hydrogen) atoms. The fourth-order valence-electron chi connectivity index (χ4n) is 3.90. The van der Waals surface area contributed by atoms with E-state index in [0.29, 0.717) is 19.0 Å². The largest absolute Gasteiger partial charge is 0.357 e. The summed E-state index contributed by atoms with van der Waals surface area (Å²) in [4.78, 5) is 30.0. The first kappa shape index (κ1) is 22.0. The monoisotopic (exact) mass is 420 g/mol. The van der Waals surface area contributed by atoms with Crippen LogP contribution in [0.25, 0.3) is 0 Å². The van der Waals surface area contributed by atoms with Crippen LogP contribution in [0.2, 0.25) is 0 Å². The van der Waals surface area contributed by atoms with Crippen LogP contribution in [-0.2, 0) is 11.3 Å². The summed E-state index contributed by atoms with van der Waals surface area (Å²) in [6, 6.07) is 0. The Morgan fingerprint density at radius 3 is 2.31 bits per heavy atom. The minimum atomic E-state index is 0.301. The van der Waals surface area contributed by atoms with Crippen molar-refractivity contribution < 1.29 is 4.79 Å². The fraction of sp³-hybridized carbons (Fsp3) is 0.762. The number of rotatable bonds is 5. The van der Waals surface area contributed by atoms with Gasteiger partial charge < -0.3 is 15.1 Å². The molecule has 0 unspecified atom stereocenters. The molecule has 1 aromatic heterocycles. The lowest BCUT2D eigenvalue weighted by atomic mass is 10.2. The molecule has 2 fully saturated rings. The number of hydrogen-bond donors (Lipinski definition) is 1. The van der Waals surface area contributed by atoms with Crippen LogP contribution in [0.4, 0.5) is 0 Å². The van der Waals surface area contributed by atoms with Gasteiger partial charge in [-0.15, -0.1) is 11.3 Å². The van der Waals surface area contributed by atoms with Crippen LogP contribution in [0.3, 0.4) is 0 Å². The number of thiazole rings is 1. The number of aromatic nitrogens is 1. The van der Waals surface area contributed by atoms with Gasteiger partial charge in [-0.3, -0.25) is 9.69 Å². The van der Waals surface area contributed by atoms with Crippen molar-refractivity contribution in [3.8, 4) is 0 Å². The number of amides is 1. The van der Waals surface area contributed by atoms with Gasteiger partial charge in [0.05, 0.1) is 18.8 Å². The smallest absolute Gasteiger partial charge is 0.236 e. The van der Waals surface area contributed by atoms with Crippen LogP contribution >= 0.6 is 11.3 Å². The van der Waals surface area contributed by atoms with Crippen LogP contribution in [0, 0.1) is 13.8 Å². The summed E-state index contributed by atoms with van der Waals surface area (Å²) in [5.74, 6) is 1.26. The van der Waals surface area contributed by atoms with Gasteiger partial charge in [-0.2, -0.15) is 0 Å². The van der Waals surface area contributed by atoms with E-state index in [1.165, 1.54) is 17.7 Å². The molecule has 0 radical (unpaired) electrons. The van der Waals surface area contributed by atoms with Crippen molar-refractivity contribution in [2.45, 2.75) is 53.0 Å². The standard InChI is InChI=1S/C21H36N6OS/c1-4-22-21(23-15-19-24-17(2)18(3)29-19)27-13-11-25(12-14-27)16-20(28)26-9-7-5-6-8-10-26/h4-16H2,1-3H3,(H,22,23). The van der Waals surface area contributed by atoms with Crippen molar-refractivity contribution in [1.29, 1.82) is 0 Å². The second kappa shape index (κ2) is 10.9. The Morgan fingerprint density at radius 2 is 1.72 bits per heavy atom. The van der Waals surface area contributed by atoms with E-state index < -0.39 is 0 Å². The van der Waals surface area contributed by atoms with Gasteiger partial charge >= 0.3 is 0 Å². The second-order valence-electron chi connectivity index (χ2n) is 7.98. The van der Waals surface area contributed by atoms with Crippen molar-refractivity contribution in [2.24, 2.45) is 4.99 Å². The molecule has 2 aliphatic heterocycles. The van der Waals surface area contributed by atoms with Gasteiger partial charge in [-0.1, -0.05) is 12.8 Å². The van der Waals surface area contributed by atoms with Crippen molar-refractivity contribution in [3.63, 3.8) is 0 Å². The van der Waals surface area contributed by atoms with E-state index >= 15 is 0 Å². The number of aliphatic imine (C=N–C) groups is 1. The van der Waals surface area contributed by atoms with Crippen LogP contribution in [0.15, 0.2) is 4.99 Å². The third-order valence-corrected chi connectivity index (χ3v) is 6.82. The predicted octanol–water partition coefficient (Wildman–Crippen LogP) is 2.25. The van der Waals surface area contributed by atoms with Crippen LogP contribution in [0.5, 0.6) is 0 Å². The summed E-state index contributed by atoms with van der Waals surface area (Å²) in [5.41, 5.74) is 1.10. The van der Waals surface area contributed by atoms with Gasteiger partial charge in [-0.05, 0) is 33.6 Å². The molecule has 0 aromatic carbocycles. The Bertz CT molecular complexity index is 668. The molecule has 0 spiro atoms. The zero-order chi connectivity index (χ0) is 20.6. The number of piperazine rings is 1. The molecule has 0 saturated carbocycles. The van der Waals surface area contributed by atoms with Crippen molar-refractivity contribution >= 4 is 23.2 Å². The maximum absolute atomic E-state index is 12.7. The van der Waals surface area contributed by atoms with Gasteiger partial charge in [0.15, 0.2) is 5.96 Å². The number of likely N-dealkylation sites (tertiary alicyclic amines) is 1. The lowest BCUT2D eigenvalue weighted by Crippen LogP contribution is -2.54. The highest BCUT2D eigenvalue weighted by Gasteiger charge is 2.23.